The summed E-state index contributed by atoms with van der Waals surface area (Å²) in [5.74, 6) is 0.893. The molecule has 20 heavy (non-hydrogen) atoms. The van der Waals surface area contributed by atoms with Crippen molar-refractivity contribution < 1.29 is 4.74 Å². The lowest BCUT2D eigenvalue weighted by Crippen LogP contribution is -2.23. The lowest BCUT2D eigenvalue weighted by Gasteiger charge is -2.20. The van der Waals surface area contributed by atoms with Crippen molar-refractivity contribution in [3.05, 3.63) is 45.4 Å². The van der Waals surface area contributed by atoms with E-state index in [4.69, 9.17) is 4.74 Å². The van der Waals surface area contributed by atoms with Crippen LogP contribution in [0.1, 0.15) is 47.1 Å². The van der Waals surface area contributed by atoms with Crippen LogP contribution in [0.25, 0.3) is 0 Å². The van der Waals surface area contributed by atoms with Crippen LogP contribution in [0, 0.1) is 13.8 Å². The zero-order chi connectivity index (χ0) is 14.7. The molecule has 1 unspecified atom stereocenters. The molecule has 2 rings (SSSR count). The van der Waals surface area contributed by atoms with Gasteiger partial charge >= 0.3 is 0 Å². The molecule has 0 saturated heterocycles. The highest BCUT2D eigenvalue weighted by Gasteiger charge is 2.16. The summed E-state index contributed by atoms with van der Waals surface area (Å²) in [4.78, 5) is 5.91. The Hall–Kier alpha value is -1.39. The molecule has 0 aliphatic heterocycles. The number of hydrogen-bond donors (Lipinski definition) is 1. The van der Waals surface area contributed by atoms with E-state index in [0.717, 1.165) is 16.5 Å². The summed E-state index contributed by atoms with van der Waals surface area (Å²) in [6.07, 6.45) is 0. The lowest BCUT2D eigenvalue weighted by atomic mass is 10.1. The number of ether oxygens (including phenoxy) is 1. The topological polar surface area (TPSA) is 34.1 Å². The third-order valence-electron chi connectivity index (χ3n) is 3.44. The standard InChI is InChI=1S/C16H22N2OS/c1-10(14-7-6-8-15(9-14)19-5)17-11(2)16-12(3)20-13(4)18-16/h6-11,17H,1-5H3/t10-,11?/m1/s1. The Morgan fingerprint density at radius 1 is 1.20 bits per heavy atom. The molecule has 2 aromatic rings. The van der Waals surface area contributed by atoms with E-state index in [1.807, 2.05) is 12.1 Å². The molecule has 0 saturated carbocycles. The molecule has 1 N–H and O–H groups in total. The van der Waals surface area contributed by atoms with E-state index in [1.165, 1.54) is 10.4 Å². The number of nitrogens with zero attached hydrogens (tertiary/aromatic N) is 1. The first kappa shape index (κ1) is 15.0. The van der Waals surface area contributed by atoms with E-state index in [-0.39, 0.29) is 12.1 Å². The maximum Gasteiger partial charge on any atom is 0.119 e. The summed E-state index contributed by atoms with van der Waals surface area (Å²) in [7, 11) is 1.70. The second-order valence-electron chi connectivity index (χ2n) is 5.06. The van der Waals surface area contributed by atoms with Crippen LogP contribution < -0.4 is 10.1 Å². The highest BCUT2D eigenvalue weighted by atomic mass is 32.1. The van der Waals surface area contributed by atoms with Gasteiger partial charge in [0.25, 0.3) is 0 Å². The molecule has 1 aromatic carbocycles. The zero-order valence-corrected chi connectivity index (χ0v) is 13.5. The van der Waals surface area contributed by atoms with Crippen molar-refractivity contribution in [1.29, 1.82) is 0 Å². The van der Waals surface area contributed by atoms with Crippen molar-refractivity contribution in [3.8, 4) is 5.75 Å². The quantitative estimate of drug-likeness (QED) is 0.897. The van der Waals surface area contributed by atoms with E-state index in [9.17, 15) is 0 Å². The van der Waals surface area contributed by atoms with Crippen LogP contribution in [0.3, 0.4) is 0 Å². The third-order valence-corrected chi connectivity index (χ3v) is 4.35. The molecular weight excluding hydrogens is 268 g/mol. The van der Waals surface area contributed by atoms with Crippen molar-refractivity contribution in [2.24, 2.45) is 0 Å². The summed E-state index contributed by atoms with van der Waals surface area (Å²) < 4.78 is 5.28. The number of thiazole rings is 1. The van der Waals surface area contributed by atoms with Crippen molar-refractivity contribution in [2.45, 2.75) is 39.8 Å². The minimum absolute atomic E-state index is 0.237. The minimum Gasteiger partial charge on any atom is -0.497 e. The molecule has 0 spiro atoms. The van der Waals surface area contributed by atoms with Gasteiger partial charge in [-0.15, -0.1) is 11.3 Å². The van der Waals surface area contributed by atoms with Crippen LogP contribution in [0.2, 0.25) is 0 Å². The summed E-state index contributed by atoms with van der Waals surface area (Å²) in [5, 5.41) is 4.73. The molecule has 0 aliphatic carbocycles. The van der Waals surface area contributed by atoms with E-state index < -0.39 is 0 Å². The average molecular weight is 290 g/mol. The Morgan fingerprint density at radius 3 is 2.55 bits per heavy atom. The van der Waals surface area contributed by atoms with E-state index in [0.29, 0.717) is 0 Å². The predicted octanol–water partition coefficient (Wildman–Crippen LogP) is 4.18. The third kappa shape index (κ3) is 3.38. The highest BCUT2D eigenvalue weighted by molar-refractivity contribution is 7.11. The van der Waals surface area contributed by atoms with Gasteiger partial charge < -0.3 is 10.1 Å². The van der Waals surface area contributed by atoms with Crippen molar-refractivity contribution in [3.63, 3.8) is 0 Å². The molecule has 3 nitrogen and oxygen atoms in total. The molecule has 1 aromatic heterocycles. The molecule has 0 amide bonds. The largest absolute Gasteiger partial charge is 0.497 e. The van der Waals surface area contributed by atoms with Crippen LogP contribution in [-0.2, 0) is 0 Å². The average Bonchev–Trinajstić information content (AvgIpc) is 2.77. The second kappa shape index (κ2) is 6.37. The fourth-order valence-corrected chi connectivity index (χ4v) is 3.32. The second-order valence-corrected chi connectivity index (χ2v) is 6.47. The molecule has 0 bridgehead atoms. The van der Waals surface area contributed by atoms with E-state index >= 15 is 0 Å². The Kier molecular flexibility index (Phi) is 4.78. The van der Waals surface area contributed by atoms with Gasteiger partial charge in [-0.1, -0.05) is 12.1 Å². The van der Waals surface area contributed by atoms with Gasteiger partial charge in [0.2, 0.25) is 0 Å². The number of nitrogens with one attached hydrogen (secondary N) is 1. The van der Waals surface area contributed by atoms with Gasteiger partial charge in [0, 0.05) is 17.0 Å². The van der Waals surface area contributed by atoms with Gasteiger partial charge in [0.05, 0.1) is 17.8 Å². The highest BCUT2D eigenvalue weighted by Crippen LogP contribution is 2.26. The number of aryl methyl sites for hydroxylation is 2. The molecule has 4 heteroatoms. The first-order chi connectivity index (χ1) is 9.51. The Bertz CT molecular complexity index is 580. The smallest absolute Gasteiger partial charge is 0.119 e. The van der Waals surface area contributed by atoms with Gasteiger partial charge in [-0.25, -0.2) is 4.98 Å². The number of methoxy groups -OCH3 is 1. The van der Waals surface area contributed by atoms with Gasteiger partial charge in [0.15, 0.2) is 0 Å². The fraction of sp³-hybridized carbons (Fsp3) is 0.438. The Balaban J connectivity index is 2.10. The SMILES string of the molecule is COc1cccc([C@@H](C)NC(C)c2nc(C)sc2C)c1. The first-order valence-electron chi connectivity index (χ1n) is 6.85. The molecule has 2 atom stereocenters. The van der Waals surface area contributed by atoms with Crippen LogP contribution >= 0.6 is 11.3 Å². The Morgan fingerprint density at radius 2 is 1.95 bits per heavy atom. The maximum absolute atomic E-state index is 5.28. The Labute approximate surface area is 125 Å². The maximum atomic E-state index is 5.28. The normalized spacial score (nSPS) is 14.1. The molecule has 0 radical (unpaired) electrons. The fourth-order valence-electron chi connectivity index (χ4n) is 2.41. The number of benzene rings is 1. The van der Waals surface area contributed by atoms with Crippen LogP contribution in [-0.4, -0.2) is 12.1 Å². The molecule has 108 valence electrons. The summed E-state index contributed by atoms with van der Waals surface area (Å²) in [5.41, 5.74) is 2.38. The number of hydrogen-bond acceptors (Lipinski definition) is 4. The van der Waals surface area contributed by atoms with E-state index in [2.05, 4.69) is 50.1 Å². The van der Waals surface area contributed by atoms with Crippen molar-refractivity contribution >= 4 is 11.3 Å². The monoisotopic (exact) mass is 290 g/mol. The summed E-state index contributed by atoms with van der Waals surface area (Å²) in [6, 6.07) is 8.67. The van der Waals surface area contributed by atoms with Gasteiger partial charge in [-0.3, -0.25) is 0 Å². The minimum atomic E-state index is 0.237. The molecule has 0 aliphatic rings. The van der Waals surface area contributed by atoms with Gasteiger partial charge in [-0.05, 0) is 45.4 Å². The van der Waals surface area contributed by atoms with E-state index in [1.54, 1.807) is 18.4 Å². The molecule has 0 fully saturated rings. The van der Waals surface area contributed by atoms with Crippen molar-refractivity contribution in [2.75, 3.05) is 7.11 Å². The predicted molar refractivity (Wildman–Crippen MR) is 84.5 cm³/mol. The van der Waals surface area contributed by atoms with Crippen LogP contribution in [0.15, 0.2) is 24.3 Å². The summed E-state index contributed by atoms with van der Waals surface area (Å²) >= 11 is 1.76. The van der Waals surface area contributed by atoms with Crippen LogP contribution in [0.4, 0.5) is 0 Å². The van der Waals surface area contributed by atoms with Gasteiger partial charge in [0.1, 0.15) is 5.75 Å². The lowest BCUT2D eigenvalue weighted by molar-refractivity contribution is 0.412. The first-order valence-corrected chi connectivity index (χ1v) is 7.67. The molecular formula is C16H22N2OS. The number of rotatable bonds is 5. The van der Waals surface area contributed by atoms with Crippen LogP contribution in [0.5, 0.6) is 5.75 Å². The summed E-state index contributed by atoms with van der Waals surface area (Å²) in [6.45, 7) is 8.52. The number of aromatic nitrogens is 1. The zero-order valence-electron chi connectivity index (χ0n) is 12.7. The molecule has 1 heterocycles. The van der Waals surface area contributed by atoms with Crippen molar-refractivity contribution in [1.82, 2.24) is 10.3 Å². The van der Waals surface area contributed by atoms with Gasteiger partial charge in [-0.2, -0.15) is 0 Å².